The number of benzene rings is 2. The van der Waals surface area contributed by atoms with Crippen LogP contribution in [0.5, 0.6) is 23.0 Å². The van der Waals surface area contributed by atoms with Gasteiger partial charge in [-0.3, -0.25) is 4.79 Å². The summed E-state index contributed by atoms with van der Waals surface area (Å²) in [5.41, 5.74) is 2.00. The van der Waals surface area contributed by atoms with Crippen LogP contribution >= 0.6 is 0 Å². The standard InChI is InChI=1S/C23H25NO5/c25-23(24-13-15-5-7-19-20(11-15)29-14-28-19)22(16-3-1-2-4-16)17-6-8-18-21(12-17)27-10-9-26-18/h5-8,11-12,16,22H,1-4,9-10,13-14H2,(H,24,25). The minimum atomic E-state index is -0.178. The summed E-state index contributed by atoms with van der Waals surface area (Å²) in [7, 11) is 0. The molecule has 1 atom stereocenters. The summed E-state index contributed by atoms with van der Waals surface area (Å²) in [6.45, 7) is 1.82. The van der Waals surface area contributed by atoms with Gasteiger partial charge in [-0.1, -0.05) is 25.0 Å². The Morgan fingerprint density at radius 3 is 2.45 bits per heavy atom. The van der Waals surface area contributed by atoms with Gasteiger partial charge in [0.25, 0.3) is 0 Å². The van der Waals surface area contributed by atoms with E-state index in [1.807, 2.05) is 36.4 Å². The van der Waals surface area contributed by atoms with Crippen LogP contribution in [0.4, 0.5) is 0 Å². The highest BCUT2D eigenvalue weighted by atomic mass is 16.7. The summed E-state index contributed by atoms with van der Waals surface area (Å²) in [4.78, 5) is 13.3. The van der Waals surface area contributed by atoms with E-state index in [4.69, 9.17) is 18.9 Å². The Hall–Kier alpha value is -2.89. The quantitative estimate of drug-likeness (QED) is 0.835. The summed E-state index contributed by atoms with van der Waals surface area (Å²) in [6, 6.07) is 11.7. The number of nitrogens with one attached hydrogen (secondary N) is 1. The zero-order valence-electron chi connectivity index (χ0n) is 16.3. The van der Waals surface area contributed by atoms with Crippen LogP contribution < -0.4 is 24.3 Å². The highest BCUT2D eigenvalue weighted by Gasteiger charge is 2.33. The minimum absolute atomic E-state index is 0.0613. The van der Waals surface area contributed by atoms with Gasteiger partial charge in [-0.15, -0.1) is 0 Å². The van der Waals surface area contributed by atoms with E-state index < -0.39 is 0 Å². The van der Waals surface area contributed by atoms with Crippen LogP contribution in [0.1, 0.15) is 42.7 Å². The Balaban J connectivity index is 1.34. The van der Waals surface area contributed by atoms with Crippen molar-refractivity contribution in [2.24, 2.45) is 5.92 Å². The molecule has 2 aromatic carbocycles. The largest absolute Gasteiger partial charge is 0.486 e. The van der Waals surface area contributed by atoms with Crippen LogP contribution in [0.15, 0.2) is 36.4 Å². The van der Waals surface area contributed by atoms with Crippen molar-refractivity contribution < 1.29 is 23.7 Å². The molecule has 6 heteroatoms. The van der Waals surface area contributed by atoms with Gasteiger partial charge in [0, 0.05) is 6.54 Å². The third kappa shape index (κ3) is 3.71. The van der Waals surface area contributed by atoms with Crippen LogP contribution in [0.25, 0.3) is 0 Å². The van der Waals surface area contributed by atoms with E-state index in [2.05, 4.69) is 5.32 Å². The number of fused-ring (bicyclic) bond motifs is 2. The first-order valence-electron chi connectivity index (χ1n) is 10.3. The number of hydrogen-bond donors (Lipinski definition) is 1. The molecule has 1 saturated carbocycles. The van der Waals surface area contributed by atoms with Gasteiger partial charge in [0.05, 0.1) is 5.92 Å². The second kappa shape index (κ2) is 7.85. The van der Waals surface area contributed by atoms with Gasteiger partial charge in [0.2, 0.25) is 12.7 Å². The number of ether oxygens (including phenoxy) is 4. The van der Waals surface area contributed by atoms with Crippen LogP contribution in [0.3, 0.4) is 0 Å². The lowest BCUT2D eigenvalue weighted by Crippen LogP contribution is -2.32. The van der Waals surface area contributed by atoms with E-state index in [1.165, 1.54) is 12.8 Å². The van der Waals surface area contributed by atoms with E-state index in [9.17, 15) is 4.79 Å². The monoisotopic (exact) mass is 395 g/mol. The Labute approximate surface area is 170 Å². The smallest absolute Gasteiger partial charge is 0.231 e. The van der Waals surface area contributed by atoms with E-state index in [-0.39, 0.29) is 18.6 Å². The lowest BCUT2D eigenvalue weighted by molar-refractivity contribution is -0.123. The molecular weight excluding hydrogens is 370 g/mol. The van der Waals surface area contributed by atoms with Crippen molar-refractivity contribution in [3.63, 3.8) is 0 Å². The van der Waals surface area contributed by atoms with Crippen molar-refractivity contribution in [1.82, 2.24) is 5.32 Å². The molecule has 6 nitrogen and oxygen atoms in total. The number of amides is 1. The topological polar surface area (TPSA) is 66.0 Å². The SMILES string of the molecule is O=C(NCc1ccc2c(c1)OCO2)C(c1ccc2c(c1)OCCO2)C1CCCC1. The number of carbonyl (C=O) groups is 1. The molecule has 1 aliphatic carbocycles. The molecule has 1 N–H and O–H groups in total. The molecule has 29 heavy (non-hydrogen) atoms. The molecule has 0 bridgehead atoms. The second-order valence-electron chi connectivity index (χ2n) is 7.83. The van der Waals surface area contributed by atoms with E-state index >= 15 is 0 Å². The Kier molecular flexibility index (Phi) is 4.92. The minimum Gasteiger partial charge on any atom is -0.486 e. The highest BCUT2D eigenvalue weighted by Crippen LogP contribution is 2.41. The molecule has 3 aliphatic rings. The Bertz CT molecular complexity index is 906. The average Bonchev–Trinajstić information content (AvgIpc) is 3.44. The number of hydrogen-bond acceptors (Lipinski definition) is 5. The molecule has 2 heterocycles. The second-order valence-corrected chi connectivity index (χ2v) is 7.83. The summed E-state index contributed by atoms with van der Waals surface area (Å²) in [5.74, 6) is 3.21. The van der Waals surface area contributed by atoms with Gasteiger partial charge in [0.1, 0.15) is 13.2 Å². The summed E-state index contributed by atoms with van der Waals surface area (Å²) in [6.07, 6.45) is 4.52. The van der Waals surface area contributed by atoms with Crippen molar-refractivity contribution in [2.45, 2.75) is 38.1 Å². The average molecular weight is 395 g/mol. The molecule has 1 fully saturated rings. The summed E-state index contributed by atoms with van der Waals surface area (Å²) in [5, 5.41) is 3.14. The Morgan fingerprint density at radius 2 is 1.59 bits per heavy atom. The first-order valence-corrected chi connectivity index (χ1v) is 10.3. The van der Waals surface area contributed by atoms with Gasteiger partial charge < -0.3 is 24.3 Å². The maximum atomic E-state index is 13.3. The van der Waals surface area contributed by atoms with E-state index in [0.717, 1.165) is 47.0 Å². The molecule has 2 aromatic rings. The first kappa shape index (κ1) is 18.2. The lowest BCUT2D eigenvalue weighted by atomic mass is 9.84. The number of rotatable bonds is 5. The fourth-order valence-corrected chi connectivity index (χ4v) is 4.53. The van der Waals surface area contributed by atoms with Crippen molar-refractivity contribution in [3.05, 3.63) is 47.5 Å². The molecule has 2 aliphatic heterocycles. The summed E-state index contributed by atoms with van der Waals surface area (Å²) < 4.78 is 22.2. The van der Waals surface area contributed by atoms with Crippen LogP contribution in [0, 0.1) is 5.92 Å². The number of carbonyl (C=O) groups excluding carboxylic acids is 1. The molecular formula is C23H25NO5. The maximum Gasteiger partial charge on any atom is 0.231 e. The maximum absolute atomic E-state index is 13.3. The highest BCUT2D eigenvalue weighted by molar-refractivity contribution is 5.84. The van der Waals surface area contributed by atoms with Crippen molar-refractivity contribution in [1.29, 1.82) is 0 Å². The van der Waals surface area contributed by atoms with Crippen molar-refractivity contribution in [2.75, 3.05) is 20.0 Å². The first-order chi connectivity index (χ1) is 14.3. The molecule has 5 rings (SSSR count). The zero-order valence-corrected chi connectivity index (χ0v) is 16.3. The van der Waals surface area contributed by atoms with Gasteiger partial charge in [-0.25, -0.2) is 0 Å². The fourth-order valence-electron chi connectivity index (χ4n) is 4.53. The van der Waals surface area contributed by atoms with Crippen molar-refractivity contribution >= 4 is 5.91 Å². The van der Waals surface area contributed by atoms with Gasteiger partial charge in [-0.2, -0.15) is 0 Å². The molecule has 1 unspecified atom stereocenters. The van der Waals surface area contributed by atoms with Gasteiger partial charge in [-0.05, 0) is 54.2 Å². The van der Waals surface area contributed by atoms with E-state index in [0.29, 0.717) is 25.7 Å². The zero-order chi connectivity index (χ0) is 19.6. The van der Waals surface area contributed by atoms with Crippen LogP contribution in [-0.4, -0.2) is 25.9 Å². The molecule has 0 spiro atoms. The van der Waals surface area contributed by atoms with Crippen LogP contribution in [-0.2, 0) is 11.3 Å². The van der Waals surface area contributed by atoms with Crippen LogP contribution in [0.2, 0.25) is 0 Å². The fraction of sp³-hybridized carbons (Fsp3) is 0.435. The van der Waals surface area contributed by atoms with Gasteiger partial charge >= 0.3 is 0 Å². The molecule has 0 aromatic heterocycles. The summed E-state index contributed by atoms with van der Waals surface area (Å²) >= 11 is 0. The Morgan fingerprint density at radius 1 is 0.897 bits per heavy atom. The van der Waals surface area contributed by atoms with Gasteiger partial charge in [0.15, 0.2) is 23.0 Å². The third-order valence-electron chi connectivity index (χ3n) is 5.98. The molecule has 1 amide bonds. The van der Waals surface area contributed by atoms with Crippen molar-refractivity contribution in [3.8, 4) is 23.0 Å². The predicted molar refractivity (Wildman–Crippen MR) is 107 cm³/mol. The normalized spacial score (nSPS) is 18.5. The van der Waals surface area contributed by atoms with E-state index in [1.54, 1.807) is 0 Å². The molecule has 0 radical (unpaired) electrons. The molecule has 0 saturated heterocycles. The third-order valence-corrected chi connectivity index (χ3v) is 5.98. The molecule has 152 valence electrons. The predicted octanol–water partition coefficient (Wildman–Crippen LogP) is 3.78. The lowest BCUT2D eigenvalue weighted by Gasteiger charge is -2.25.